The average molecular weight is 351 g/mol. The largest absolute Gasteiger partial charge is 0.489 e. The van der Waals surface area contributed by atoms with Crippen LogP contribution < -0.4 is 4.74 Å². The second-order valence-electron chi connectivity index (χ2n) is 5.80. The standard InChI is InChI=1S/C19H20ClFO3/c1-12(2)18(19(22)23-3)13-7-9-14(10-8-13)24-11-15-16(20)5-4-6-17(15)21/h4-10,12,18H,11H2,1-3H3/t18-/m0/s1. The molecule has 0 unspecified atom stereocenters. The van der Waals surface area contributed by atoms with Crippen LogP contribution >= 0.6 is 11.6 Å². The second-order valence-corrected chi connectivity index (χ2v) is 6.21. The first-order valence-electron chi connectivity index (χ1n) is 7.67. The van der Waals surface area contributed by atoms with Gasteiger partial charge in [0.1, 0.15) is 18.2 Å². The number of esters is 1. The number of halogens is 2. The predicted octanol–water partition coefficient (Wildman–Crippen LogP) is 4.97. The van der Waals surface area contributed by atoms with Gasteiger partial charge in [0.25, 0.3) is 0 Å². The van der Waals surface area contributed by atoms with E-state index in [4.69, 9.17) is 21.1 Å². The maximum atomic E-state index is 13.7. The molecule has 0 spiro atoms. The number of ether oxygens (including phenoxy) is 2. The normalized spacial score (nSPS) is 12.1. The lowest BCUT2D eigenvalue weighted by atomic mass is 9.88. The van der Waals surface area contributed by atoms with Crippen LogP contribution in [0.25, 0.3) is 0 Å². The minimum atomic E-state index is -0.398. The van der Waals surface area contributed by atoms with Crippen molar-refractivity contribution in [2.45, 2.75) is 26.4 Å². The summed E-state index contributed by atoms with van der Waals surface area (Å²) in [7, 11) is 1.38. The Morgan fingerprint density at radius 2 is 1.83 bits per heavy atom. The summed E-state index contributed by atoms with van der Waals surface area (Å²) >= 11 is 5.98. The van der Waals surface area contributed by atoms with E-state index in [1.54, 1.807) is 24.3 Å². The van der Waals surface area contributed by atoms with Crippen molar-refractivity contribution in [3.63, 3.8) is 0 Å². The number of hydrogen-bond donors (Lipinski definition) is 0. The highest BCUT2D eigenvalue weighted by atomic mass is 35.5. The van der Waals surface area contributed by atoms with E-state index in [1.165, 1.54) is 13.2 Å². The van der Waals surface area contributed by atoms with Crippen LogP contribution in [0.15, 0.2) is 42.5 Å². The summed E-state index contributed by atoms with van der Waals surface area (Å²) in [5.74, 6) is -0.307. The summed E-state index contributed by atoms with van der Waals surface area (Å²) < 4.78 is 24.2. The summed E-state index contributed by atoms with van der Waals surface area (Å²) in [6.45, 7) is 3.97. The molecule has 0 aliphatic heterocycles. The Balaban J connectivity index is 2.10. The Hall–Kier alpha value is -2.07. The lowest BCUT2D eigenvalue weighted by Gasteiger charge is -2.19. The molecule has 0 N–H and O–H groups in total. The zero-order valence-corrected chi connectivity index (χ0v) is 14.6. The summed E-state index contributed by atoms with van der Waals surface area (Å²) in [5, 5.41) is 0.331. The van der Waals surface area contributed by atoms with Crippen LogP contribution in [0.3, 0.4) is 0 Å². The highest BCUT2D eigenvalue weighted by Gasteiger charge is 2.24. The molecular weight excluding hydrogens is 331 g/mol. The first-order valence-corrected chi connectivity index (χ1v) is 8.05. The predicted molar refractivity (Wildman–Crippen MR) is 91.8 cm³/mol. The van der Waals surface area contributed by atoms with Gasteiger partial charge >= 0.3 is 5.97 Å². The monoisotopic (exact) mass is 350 g/mol. The molecule has 0 amide bonds. The van der Waals surface area contributed by atoms with E-state index in [-0.39, 0.29) is 24.4 Å². The van der Waals surface area contributed by atoms with Gasteiger partial charge in [-0.2, -0.15) is 0 Å². The van der Waals surface area contributed by atoms with Gasteiger partial charge in [0.15, 0.2) is 0 Å². The molecule has 2 aromatic carbocycles. The summed E-state index contributed by atoms with van der Waals surface area (Å²) in [6.07, 6.45) is 0. The average Bonchev–Trinajstić information content (AvgIpc) is 2.55. The number of hydrogen-bond acceptors (Lipinski definition) is 3. The molecule has 3 nitrogen and oxygen atoms in total. The number of carbonyl (C=O) groups is 1. The molecule has 0 aromatic heterocycles. The van der Waals surface area contributed by atoms with Gasteiger partial charge < -0.3 is 9.47 Å². The van der Waals surface area contributed by atoms with Crippen LogP contribution in [-0.4, -0.2) is 13.1 Å². The Bertz CT molecular complexity index is 678. The highest BCUT2D eigenvalue weighted by molar-refractivity contribution is 6.31. The van der Waals surface area contributed by atoms with Crippen molar-refractivity contribution in [1.82, 2.24) is 0 Å². The van der Waals surface area contributed by atoms with Gasteiger partial charge in [-0.05, 0) is 35.7 Å². The molecule has 5 heteroatoms. The van der Waals surface area contributed by atoms with Crippen LogP contribution in [0, 0.1) is 11.7 Å². The van der Waals surface area contributed by atoms with Crippen LogP contribution in [0.1, 0.15) is 30.9 Å². The van der Waals surface area contributed by atoms with Crippen LogP contribution in [-0.2, 0) is 16.1 Å². The molecular formula is C19H20ClFO3. The van der Waals surface area contributed by atoms with Crippen molar-refractivity contribution >= 4 is 17.6 Å². The Morgan fingerprint density at radius 1 is 1.17 bits per heavy atom. The lowest BCUT2D eigenvalue weighted by molar-refractivity contribution is -0.143. The molecule has 2 aromatic rings. The van der Waals surface area contributed by atoms with Gasteiger partial charge in [-0.25, -0.2) is 4.39 Å². The fourth-order valence-electron chi connectivity index (χ4n) is 2.52. The van der Waals surface area contributed by atoms with Crippen molar-refractivity contribution in [1.29, 1.82) is 0 Å². The summed E-state index contributed by atoms with van der Waals surface area (Å²) in [6, 6.07) is 11.7. The maximum Gasteiger partial charge on any atom is 0.313 e. The van der Waals surface area contributed by atoms with Crippen molar-refractivity contribution in [2.75, 3.05) is 7.11 Å². The quantitative estimate of drug-likeness (QED) is 0.690. The third-order valence-electron chi connectivity index (χ3n) is 3.81. The molecule has 2 rings (SSSR count). The van der Waals surface area contributed by atoms with Crippen molar-refractivity contribution < 1.29 is 18.7 Å². The Labute approximate surface area is 146 Å². The van der Waals surface area contributed by atoms with Crippen LogP contribution in [0.5, 0.6) is 5.75 Å². The molecule has 0 radical (unpaired) electrons. The van der Waals surface area contributed by atoms with Gasteiger partial charge in [0, 0.05) is 5.56 Å². The van der Waals surface area contributed by atoms with Gasteiger partial charge in [-0.15, -0.1) is 0 Å². The van der Waals surface area contributed by atoms with E-state index in [0.717, 1.165) is 5.56 Å². The van der Waals surface area contributed by atoms with Gasteiger partial charge in [0.2, 0.25) is 0 Å². The molecule has 0 saturated heterocycles. The minimum Gasteiger partial charge on any atom is -0.489 e. The van der Waals surface area contributed by atoms with E-state index in [9.17, 15) is 9.18 Å². The highest BCUT2D eigenvalue weighted by Crippen LogP contribution is 2.28. The van der Waals surface area contributed by atoms with Gasteiger partial charge in [0.05, 0.1) is 18.1 Å². The van der Waals surface area contributed by atoms with Crippen LogP contribution in [0.2, 0.25) is 5.02 Å². The fraction of sp³-hybridized carbons (Fsp3) is 0.316. The van der Waals surface area contributed by atoms with E-state index in [0.29, 0.717) is 16.3 Å². The van der Waals surface area contributed by atoms with Gasteiger partial charge in [-0.1, -0.05) is 43.6 Å². The minimum absolute atomic E-state index is 0.0372. The third-order valence-corrected chi connectivity index (χ3v) is 4.16. The zero-order chi connectivity index (χ0) is 17.7. The summed E-state index contributed by atoms with van der Waals surface area (Å²) in [4.78, 5) is 11.9. The SMILES string of the molecule is COC(=O)[C@H](c1ccc(OCc2c(F)cccc2Cl)cc1)C(C)C. The smallest absolute Gasteiger partial charge is 0.313 e. The van der Waals surface area contributed by atoms with E-state index in [2.05, 4.69) is 0 Å². The van der Waals surface area contributed by atoms with E-state index < -0.39 is 5.82 Å². The van der Waals surface area contributed by atoms with Crippen LogP contribution in [0.4, 0.5) is 4.39 Å². The first-order chi connectivity index (χ1) is 11.4. The van der Waals surface area contributed by atoms with Crippen molar-refractivity contribution in [2.24, 2.45) is 5.92 Å². The topological polar surface area (TPSA) is 35.5 Å². The maximum absolute atomic E-state index is 13.7. The third kappa shape index (κ3) is 4.26. The number of carbonyl (C=O) groups excluding carboxylic acids is 1. The molecule has 1 atom stereocenters. The molecule has 0 aliphatic carbocycles. The Morgan fingerprint density at radius 3 is 2.38 bits per heavy atom. The molecule has 128 valence electrons. The molecule has 0 aliphatic rings. The number of methoxy groups -OCH3 is 1. The zero-order valence-electron chi connectivity index (χ0n) is 13.9. The first kappa shape index (κ1) is 18.3. The number of benzene rings is 2. The fourth-order valence-corrected chi connectivity index (χ4v) is 2.73. The number of rotatable bonds is 6. The van der Waals surface area contributed by atoms with Crippen molar-refractivity contribution in [3.8, 4) is 5.75 Å². The second kappa shape index (κ2) is 8.15. The molecule has 0 bridgehead atoms. The Kier molecular flexibility index (Phi) is 6.21. The molecule has 0 heterocycles. The van der Waals surface area contributed by atoms with Gasteiger partial charge in [-0.3, -0.25) is 4.79 Å². The lowest BCUT2D eigenvalue weighted by Crippen LogP contribution is -2.19. The van der Waals surface area contributed by atoms with E-state index in [1.807, 2.05) is 26.0 Å². The molecule has 0 saturated carbocycles. The molecule has 0 fully saturated rings. The van der Waals surface area contributed by atoms with E-state index >= 15 is 0 Å². The summed E-state index contributed by atoms with van der Waals surface area (Å²) in [5.41, 5.74) is 1.17. The molecule has 24 heavy (non-hydrogen) atoms. The van der Waals surface area contributed by atoms with Crippen molar-refractivity contribution in [3.05, 3.63) is 64.4 Å².